The van der Waals surface area contributed by atoms with Gasteiger partial charge in [0.25, 0.3) is 5.91 Å². The van der Waals surface area contributed by atoms with Crippen LogP contribution in [0.5, 0.6) is 5.75 Å². The van der Waals surface area contributed by atoms with E-state index >= 15 is 0 Å². The Morgan fingerprint density at radius 3 is 2.90 bits per heavy atom. The second kappa shape index (κ2) is 5.09. The Morgan fingerprint density at radius 2 is 2.15 bits per heavy atom. The van der Waals surface area contributed by atoms with Crippen LogP contribution in [0.1, 0.15) is 30.5 Å². The van der Waals surface area contributed by atoms with Crippen LogP contribution in [-0.2, 0) is 0 Å². The molecule has 1 amide bonds. The highest BCUT2D eigenvalue weighted by Gasteiger charge is 2.19. The number of benzene rings is 1. The maximum atomic E-state index is 12.4. The average molecular weight is 287 g/mol. The predicted molar refractivity (Wildman–Crippen MR) is 76.8 cm³/mol. The predicted octanol–water partition coefficient (Wildman–Crippen LogP) is 2.41. The van der Waals surface area contributed by atoms with Gasteiger partial charge in [-0.25, -0.2) is 0 Å². The van der Waals surface area contributed by atoms with Gasteiger partial charge >= 0.3 is 0 Å². The number of ketones is 1. The standard InChI is InChI=1S/C15H13NO3S/c1-9-2-5-13(20-9)14(17)10-3-4-12-11(8-10)15(18)16-6-7-19-12/h2-5,8H,6-7H2,1H3,(H,16,18). The van der Waals surface area contributed by atoms with Crippen molar-refractivity contribution < 1.29 is 14.3 Å². The molecule has 1 aromatic carbocycles. The second-order valence-corrected chi connectivity index (χ2v) is 5.84. The van der Waals surface area contributed by atoms with Crippen molar-refractivity contribution in [3.05, 3.63) is 51.2 Å². The number of carbonyl (C=O) groups excluding carboxylic acids is 2. The van der Waals surface area contributed by atoms with Crippen LogP contribution in [-0.4, -0.2) is 24.8 Å². The number of hydrogen-bond acceptors (Lipinski definition) is 4. The molecule has 0 bridgehead atoms. The van der Waals surface area contributed by atoms with E-state index in [2.05, 4.69) is 5.32 Å². The van der Waals surface area contributed by atoms with Crippen LogP contribution in [0.3, 0.4) is 0 Å². The van der Waals surface area contributed by atoms with Gasteiger partial charge in [0, 0.05) is 10.4 Å². The number of amides is 1. The average Bonchev–Trinajstić information content (AvgIpc) is 2.80. The van der Waals surface area contributed by atoms with Crippen molar-refractivity contribution in [1.29, 1.82) is 0 Å². The van der Waals surface area contributed by atoms with E-state index in [9.17, 15) is 9.59 Å². The van der Waals surface area contributed by atoms with E-state index < -0.39 is 0 Å². The van der Waals surface area contributed by atoms with Crippen molar-refractivity contribution in [3.8, 4) is 5.75 Å². The molecule has 0 atom stereocenters. The van der Waals surface area contributed by atoms with Crippen LogP contribution >= 0.6 is 11.3 Å². The first kappa shape index (κ1) is 12.9. The molecule has 1 aliphatic heterocycles. The Bertz CT molecular complexity index is 690. The van der Waals surface area contributed by atoms with Gasteiger partial charge in [0.05, 0.1) is 17.0 Å². The maximum Gasteiger partial charge on any atom is 0.255 e. The molecule has 102 valence electrons. The summed E-state index contributed by atoms with van der Waals surface area (Å²) in [5, 5.41) is 2.74. The zero-order valence-electron chi connectivity index (χ0n) is 10.9. The molecule has 0 radical (unpaired) electrons. The third-order valence-corrected chi connectivity index (χ3v) is 4.10. The first-order valence-corrected chi connectivity index (χ1v) is 7.13. The zero-order chi connectivity index (χ0) is 14.1. The van der Waals surface area contributed by atoms with Crippen LogP contribution in [0.2, 0.25) is 0 Å². The van der Waals surface area contributed by atoms with Crippen LogP contribution in [0.4, 0.5) is 0 Å². The van der Waals surface area contributed by atoms with Crippen LogP contribution in [0, 0.1) is 6.92 Å². The van der Waals surface area contributed by atoms with E-state index in [1.165, 1.54) is 11.3 Å². The normalized spacial score (nSPS) is 13.9. The molecule has 2 aromatic rings. The first-order valence-electron chi connectivity index (χ1n) is 6.31. The van der Waals surface area contributed by atoms with Crippen molar-refractivity contribution in [2.45, 2.75) is 6.92 Å². The van der Waals surface area contributed by atoms with E-state index in [-0.39, 0.29) is 11.7 Å². The Labute approximate surface area is 120 Å². The fourth-order valence-electron chi connectivity index (χ4n) is 2.09. The third kappa shape index (κ3) is 2.32. The van der Waals surface area contributed by atoms with Crippen molar-refractivity contribution in [1.82, 2.24) is 5.32 Å². The lowest BCUT2D eigenvalue weighted by molar-refractivity contribution is 0.0957. The van der Waals surface area contributed by atoms with Gasteiger partial charge < -0.3 is 10.1 Å². The lowest BCUT2D eigenvalue weighted by Crippen LogP contribution is -2.24. The maximum absolute atomic E-state index is 12.4. The topological polar surface area (TPSA) is 55.4 Å². The fourth-order valence-corrected chi connectivity index (χ4v) is 2.92. The minimum absolute atomic E-state index is 0.0667. The van der Waals surface area contributed by atoms with Crippen LogP contribution < -0.4 is 10.1 Å². The highest BCUT2D eigenvalue weighted by atomic mass is 32.1. The molecule has 0 spiro atoms. The van der Waals surface area contributed by atoms with Gasteiger partial charge in [0.1, 0.15) is 12.4 Å². The van der Waals surface area contributed by atoms with Crippen molar-refractivity contribution in [3.63, 3.8) is 0 Å². The van der Waals surface area contributed by atoms with E-state index in [0.717, 1.165) is 4.88 Å². The molecule has 1 aromatic heterocycles. The van der Waals surface area contributed by atoms with Crippen molar-refractivity contribution in [2.24, 2.45) is 0 Å². The Hall–Kier alpha value is -2.14. The number of carbonyl (C=O) groups is 2. The summed E-state index contributed by atoms with van der Waals surface area (Å²) < 4.78 is 5.47. The first-order chi connectivity index (χ1) is 9.65. The summed E-state index contributed by atoms with van der Waals surface area (Å²) in [5.41, 5.74) is 0.924. The van der Waals surface area contributed by atoms with Gasteiger partial charge in [0.2, 0.25) is 5.78 Å². The van der Waals surface area contributed by atoms with E-state index in [1.807, 2.05) is 19.1 Å². The van der Waals surface area contributed by atoms with E-state index in [0.29, 0.717) is 34.9 Å². The van der Waals surface area contributed by atoms with E-state index in [4.69, 9.17) is 4.74 Å². The number of fused-ring (bicyclic) bond motifs is 1. The molecule has 0 unspecified atom stereocenters. The minimum Gasteiger partial charge on any atom is -0.491 e. The molecule has 0 saturated heterocycles. The van der Waals surface area contributed by atoms with Crippen molar-refractivity contribution >= 4 is 23.0 Å². The van der Waals surface area contributed by atoms with Gasteiger partial charge in [-0.05, 0) is 37.3 Å². The lowest BCUT2D eigenvalue weighted by Gasteiger charge is -2.07. The molecule has 3 rings (SSSR count). The molecular weight excluding hydrogens is 274 g/mol. The summed E-state index contributed by atoms with van der Waals surface area (Å²) >= 11 is 1.45. The number of hydrogen-bond donors (Lipinski definition) is 1. The van der Waals surface area contributed by atoms with Crippen LogP contribution in [0.25, 0.3) is 0 Å². The number of nitrogens with one attached hydrogen (secondary N) is 1. The SMILES string of the molecule is Cc1ccc(C(=O)c2ccc3c(c2)C(=O)NCCO3)s1. The Balaban J connectivity index is 1.99. The molecular formula is C15H13NO3S. The Kier molecular flexibility index (Phi) is 3.28. The number of rotatable bonds is 2. The minimum atomic E-state index is -0.200. The summed E-state index contributed by atoms with van der Waals surface area (Å²) in [6.07, 6.45) is 0. The molecule has 4 nitrogen and oxygen atoms in total. The smallest absolute Gasteiger partial charge is 0.255 e. The molecule has 20 heavy (non-hydrogen) atoms. The summed E-state index contributed by atoms with van der Waals surface area (Å²) in [4.78, 5) is 26.1. The molecule has 5 heteroatoms. The van der Waals surface area contributed by atoms with Gasteiger partial charge in [-0.15, -0.1) is 11.3 Å². The number of thiophene rings is 1. The highest BCUT2D eigenvalue weighted by Crippen LogP contribution is 2.25. The third-order valence-electron chi connectivity index (χ3n) is 3.10. The monoisotopic (exact) mass is 287 g/mol. The summed E-state index contributed by atoms with van der Waals surface area (Å²) in [7, 11) is 0. The zero-order valence-corrected chi connectivity index (χ0v) is 11.8. The molecule has 0 aliphatic carbocycles. The van der Waals surface area contributed by atoms with Gasteiger partial charge in [-0.2, -0.15) is 0 Å². The molecule has 0 fully saturated rings. The quantitative estimate of drug-likeness (QED) is 0.863. The van der Waals surface area contributed by atoms with Gasteiger partial charge in [-0.3, -0.25) is 9.59 Å². The molecule has 0 saturated carbocycles. The van der Waals surface area contributed by atoms with E-state index in [1.54, 1.807) is 18.2 Å². The van der Waals surface area contributed by atoms with Gasteiger partial charge in [-0.1, -0.05) is 0 Å². The second-order valence-electron chi connectivity index (χ2n) is 4.55. The number of ether oxygens (including phenoxy) is 1. The molecule has 1 N–H and O–H groups in total. The Morgan fingerprint density at radius 1 is 1.30 bits per heavy atom. The number of aryl methyl sites for hydroxylation is 1. The summed E-state index contributed by atoms with van der Waals surface area (Å²) in [6.45, 7) is 2.87. The largest absolute Gasteiger partial charge is 0.491 e. The van der Waals surface area contributed by atoms with Crippen molar-refractivity contribution in [2.75, 3.05) is 13.2 Å². The molecule has 2 heterocycles. The summed E-state index contributed by atoms with van der Waals surface area (Å²) in [6, 6.07) is 8.72. The summed E-state index contributed by atoms with van der Waals surface area (Å²) in [5.74, 6) is 0.261. The lowest BCUT2D eigenvalue weighted by atomic mass is 10.0. The van der Waals surface area contributed by atoms with Crippen LogP contribution in [0.15, 0.2) is 30.3 Å². The highest BCUT2D eigenvalue weighted by molar-refractivity contribution is 7.14. The van der Waals surface area contributed by atoms with Gasteiger partial charge in [0.15, 0.2) is 0 Å². The molecule has 1 aliphatic rings. The fraction of sp³-hybridized carbons (Fsp3) is 0.200.